The van der Waals surface area contributed by atoms with Crippen LogP contribution in [0.2, 0.25) is 0 Å². The number of β-amino-alcohol motifs (C(OH)–C–C–N with tert-alkyl or cyclic N) is 1. The van der Waals surface area contributed by atoms with E-state index in [1.165, 1.54) is 0 Å². The van der Waals surface area contributed by atoms with Crippen LogP contribution in [0.4, 0.5) is 0 Å². The monoisotopic (exact) mass is 216 g/mol. The molecule has 1 aromatic heterocycles. The number of piperidine rings is 1. The first-order chi connectivity index (χ1) is 7.80. The lowest BCUT2D eigenvalue weighted by molar-refractivity contribution is 0.0137. The summed E-state index contributed by atoms with van der Waals surface area (Å²) in [5, 5.41) is 15.1. The summed E-state index contributed by atoms with van der Waals surface area (Å²) in [5.74, 6) is 0. The van der Waals surface area contributed by atoms with E-state index in [0.29, 0.717) is 6.54 Å². The number of rotatable bonds is 1. The third-order valence-corrected chi connectivity index (χ3v) is 3.46. The highest BCUT2D eigenvalue weighted by atomic mass is 16.3. The van der Waals surface area contributed by atoms with Crippen LogP contribution in [0.25, 0.3) is 10.9 Å². The van der Waals surface area contributed by atoms with Gasteiger partial charge in [0.2, 0.25) is 0 Å². The number of fused-ring (bicyclic) bond motifs is 1. The summed E-state index contributed by atoms with van der Waals surface area (Å²) in [6.45, 7) is 1.66. The summed E-state index contributed by atoms with van der Waals surface area (Å²) in [6.07, 6.45) is 3.79. The maximum atomic E-state index is 10.7. The Hall–Kier alpha value is -1.32. The van der Waals surface area contributed by atoms with Crippen LogP contribution in [0, 0.1) is 0 Å². The van der Waals surface area contributed by atoms with E-state index in [9.17, 15) is 5.11 Å². The molecule has 2 heterocycles. The van der Waals surface area contributed by atoms with Crippen molar-refractivity contribution in [1.82, 2.24) is 10.3 Å². The highest BCUT2D eigenvalue weighted by Crippen LogP contribution is 2.33. The van der Waals surface area contributed by atoms with Crippen LogP contribution < -0.4 is 5.32 Å². The van der Waals surface area contributed by atoms with Crippen LogP contribution >= 0.6 is 0 Å². The van der Waals surface area contributed by atoms with Gasteiger partial charge in [-0.15, -0.1) is 0 Å². The number of benzene rings is 1. The van der Waals surface area contributed by atoms with E-state index in [-0.39, 0.29) is 0 Å². The predicted octanol–water partition coefficient (Wildman–Crippen LogP) is 1.74. The Morgan fingerprint density at radius 1 is 1.25 bits per heavy atom. The van der Waals surface area contributed by atoms with Crippen molar-refractivity contribution in [3.8, 4) is 0 Å². The largest absolute Gasteiger partial charge is 0.384 e. The van der Waals surface area contributed by atoms with Gasteiger partial charge in [-0.1, -0.05) is 12.1 Å². The van der Waals surface area contributed by atoms with Crippen LogP contribution in [0.1, 0.15) is 18.4 Å². The fraction of sp³-hybridized carbons (Fsp3) is 0.385. The molecule has 3 heteroatoms. The van der Waals surface area contributed by atoms with Gasteiger partial charge in [0.15, 0.2) is 0 Å². The van der Waals surface area contributed by atoms with Crippen molar-refractivity contribution in [2.75, 3.05) is 13.1 Å². The molecule has 1 atom stereocenters. The molecule has 0 aliphatic carbocycles. The lowest BCUT2D eigenvalue weighted by Gasteiger charge is -2.33. The molecule has 1 fully saturated rings. The van der Waals surface area contributed by atoms with E-state index < -0.39 is 5.60 Å². The Morgan fingerprint density at radius 3 is 3.00 bits per heavy atom. The normalized spacial score (nSPS) is 26.1. The summed E-state index contributed by atoms with van der Waals surface area (Å²) in [6, 6.07) is 8.11. The molecule has 1 aliphatic heterocycles. The van der Waals surface area contributed by atoms with Gasteiger partial charge in [-0.25, -0.2) is 0 Å². The van der Waals surface area contributed by atoms with Crippen molar-refractivity contribution in [2.24, 2.45) is 0 Å². The number of aliphatic hydroxyl groups is 1. The second-order valence-electron chi connectivity index (χ2n) is 4.56. The van der Waals surface area contributed by atoms with Crippen molar-refractivity contribution < 1.29 is 5.11 Å². The molecule has 1 unspecified atom stereocenters. The van der Waals surface area contributed by atoms with Gasteiger partial charge in [0.1, 0.15) is 5.60 Å². The summed E-state index contributed by atoms with van der Waals surface area (Å²) >= 11 is 0. The van der Waals surface area contributed by atoms with Gasteiger partial charge in [0, 0.05) is 23.6 Å². The van der Waals surface area contributed by atoms with Crippen LogP contribution in [0.5, 0.6) is 0 Å². The van der Waals surface area contributed by atoms with Gasteiger partial charge in [0.25, 0.3) is 0 Å². The zero-order chi connectivity index (χ0) is 11.0. The number of aromatic nitrogens is 1. The third kappa shape index (κ3) is 1.44. The van der Waals surface area contributed by atoms with E-state index in [1.807, 2.05) is 30.5 Å². The molecule has 3 N–H and O–H groups in total. The quantitative estimate of drug-likeness (QED) is 0.680. The van der Waals surface area contributed by atoms with Crippen molar-refractivity contribution in [3.63, 3.8) is 0 Å². The molecule has 3 rings (SSSR count). The summed E-state index contributed by atoms with van der Waals surface area (Å²) in [4.78, 5) is 3.18. The fourth-order valence-electron chi connectivity index (χ4n) is 2.61. The van der Waals surface area contributed by atoms with E-state index in [0.717, 1.165) is 35.9 Å². The average molecular weight is 216 g/mol. The number of H-pyrrole nitrogens is 1. The van der Waals surface area contributed by atoms with E-state index >= 15 is 0 Å². The number of aromatic amines is 1. The number of nitrogens with one attached hydrogen (secondary N) is 2. The van der Waals surface area contributed by atoms with Crippen LogP contribution in [0.3, 0.4) is 0 Å². The lowest BCUT2D eigenvalue weighted by Crippen LogP contribution is -2.43. The molecular weight excluding hydrogens is 200 g/mol. The van der Waals surface area contributed by atoms with E-state index in [1.54, 1.807) is 0 Å². The van der Waals surface area contributed by atoms with Gasteiger partial charge >= 0.3 is 0 Å². The van der Waals surface area contributed by atoms with Crippen molar-refractivity contribution in [1.29, 1.82) is 0 Å². The Labute approximate surface area is 94.5 Å². The Balaban J connectivity index is 2.13. The molecule has 84 valence electrons. The van der Waals surface area contributed by atoms with Gasteiger partial charge in [-0.2, -0.15) is 0 Å². The molecule has 0 spiro atoms. The average Bonchev–Trinajstić information content (AvgIpc) is 2.77. The summed E-state index contributed by atoms with van der Waals surface area (Å²) in [7, 11) is 0. The molecule has 16 heavy (non-hydrogen) atoms. The van der Waals surface area contributed by atoms with Gasteiger partial charge < -0.3 is 15.4 Å². The molecule has 0 bridgehead atoms. The van der Waals surface area contributed by atoms with Crippen molar-refractivity contribution >= 4 is 10.9 Å². The lowest BCUT2D eigenvalue weighted by atomic mass is 9.85. The minimum atomic E-state index is -0.708. The maximum absolute atomic E-state index is 10.7. The zero-order valence-electron chi connectivity index (χ0n) is 9.16. The van der Waals surface area contributed by atoms with E-state index in [4.69, 9.17) is 0 Å². The van der Waals surface area contributed by atoms with E-state index in [2.05, 4.69) is 10.3 Å². The molecule has 0 saturated carbocycles. The Morgan fingerprint density at radius 2 is 2.19 bits per heavy atom. The Bertz CT molecular complexity index is 497. The molecule has 1 aromatic carbocycles. The van der Waals surface area contributed by atoms with Crippen molar-refractivity contribution in [2.45, 2.75) is 18.4 Å². The van der Waals surface area contributed by atoms with Crippen LogP contribution in [0.15, 0.2) is 30.5 Å². The first-order valence-corrected chi connectivity index (χ1v) is 5.79. The summed E-state index contributed by atoms with van der Waals surface area (Å²) < 4.78 is 0. The second kappa shape index (κ2) is 3.61. The minimum absolute atomic E-state index is 0.650. The SMILES string of the molecule is OC1(c2cccc3[nH]ccc23)CCCNC1. The molecule has 1 saturated heterocycles. The smallest absolute Gasteiger partial charge is 0.103 e. The first kappa shape index (κ1) is 9.87. The van der Waals surface area contributed by atoms with Gasteiger partial charge in [-0.05, 0) is 37.1 Å². The molecular formula is C13H16N2O. The first-order valence-electron chi connectivity index (χ1n) is 5.79. The third-order valence-electron chi connectivity index (χ3n) is 3.46. The Kier molecular flexibility index (Phi) is 2.23. The molecule has 3 nitrogen and oxygen atoms in total. The number of hydrogen-bond donors (Lipinski definition) is 3. The number of hydrogen-bond acceptors (Lipinski definition) is 2. The van der Waals surface area contributed by atoms with Gasteiger partial charge in [-0.3, -0.25) is 0 Å². The molecule has 1 aliphatic rings. The minimum Gasteiger partial charge on any atom is -0.384 e. The highest BCUT2D eigenvalue weighted by molar-refractivity contribution is 5.83. The molecule has 0 radical (unpaired) electrons. The second-order valence-corrected chi connectivity index (χ2v) is 4.56. The molecule has 2 aromatic rings. The standard InChI is InChI=1S/C13H16N2O/c16-13(6-2-7-14-9-13)11-3-1-4-12-10(11)5-8-15-12/h1,3-5,8,14-16H,2,6-7,9H2. The predicted molar refractivity (Wildman–Crippen MR) is 64.3 cm³/mol. The fourth-order valence-corrected chi connectivity index (χ4v) is 2.61. The van der Waals surface area contributed by atoms with Crippen molar-refractivity contribution in [3.05, 3.63) is 36.0 Å². The molecule has 0 amide bonds. The zero-order valence-corrected chi connectivity index (χ0v) is 9.16. The maximum Gasteiger partial charge on any atom is 0.103 e. The topological polar surface area (TPSA) is 48.0 Å². The van der Waals surface area contributed by atoms with Gasteiger partial charge in [0.05, 0.1) is 0 Å². The summed E-state index contributed by atoms with van der Waals surface area (Å²) in [5.41, 5.74) is 1.43. The highest BCUT2D eigenvalue weighted by Gasteiger charge is 2.32. The van der Waals surface area contributed by atoms with Crippen LogP contribution in [-0.2, 0) is 5.60 Å². The van der Waals surface area contributed by atoms with Crippen LogP contribution in [-0.4, -0.2) is 23.2 Å².